The van der Waals surface area contributed by atoms with Crippen molar-refractivity contribution in [2.75, 3.05) is 0 Å². The topological polar surface area (TPSA) is 72.2 Å². The number of rotatable bonds is 3. The summed E-state index contributed by atoms with van der Waals surface area (Å²) in [5.41, 5.74) is 5.55. The largest absolute Gasteiger partial charge is 0.328 e. The lowest BCUT2D eigenvalue weighted by Gasteiger charge is -2.32. The average molecular weight is 315 g/mol. The molecule has 0 saturated heterocycles. The minimum Gasteiger partial charge on any atom is -0.328 e. The first-order valence-corrected chi connectivity index (χ1v) is 6.97. The number of nitrogens with two attached hydrogens (primary N) is 1. The van der Waals surface area contributed by atoms with Crippen LogP contribution in [0.15, 0.2) is 23.1 Å². The van der Waals surface area contributed by atoms with Gasteiger partial charge in [0.1, 0.15) is 10.7 Å². The van der Waals surface area contributed by atoms with E-state index in [0.29, 0.717) is 12.8 Å². The molecule has 0 atom stereocenters. The number of sulfonamides is 1. The van der Waals surface area contributed by atoms with Gasteiger partial charge in [-0.05, 0) is 31.0 Å². The third-order valence-electron chi connectivity index (χ3n) is 2.68. The molecule has 0 heterocycles. The Balaban J connectivity index is 0.00000162. The van der Waals surface area contributed by atoms with E-state index in [4.69, 9.17) is 17.3 Å². The first kappa shape index (κ1) is 15.7. The highest BCUT2D eigenvalue weighted by Gasteiger charge is 2.31. The molecule has 1 aromatic rings. The van der Waals surface area contributed by atoms with E-state index < -0.39 is 20.7 Å². The number of hydrogen-bond acceptors (Lipinski definition) is 3. The van der Waals surface area contributed by atoms with Crippen LogP contribution in [0, 0.1) is 5.82 Å². The summed E-state index contributed by atoms with van der Waals surface area (Å²) in [4.78, 5) is -0.425. The molecule has 0 bridgehead atoms. The lowest BCUT2D eigenvalue weighted by molar-refractivity contribution is 0.326. The number of halogens is 3. The van der Waals surface area contributed by atoms with Gasteiger partial charge in [0.2, 0.25) is 10.0 Å². The zero-order chi connectivity index (χ0) is 12.6. The van der Waals surface area contributed by atoms with Crippen LogP contribution in [-0.4, -0.2) is 20.5 Å². The van der Waals surface area contributed by atoms with Gasteiger partial charge < -0.3 is 5.73 Å². The second kappa shape index (κ2) is 5.71. The van der Waals surface area contributed by atoms with Gasteiger partial charge in [-0.2, -0.15) is 0 Å². The highest BCUT2D eigenvalue weighted by atomic mass is 35.5. The molecule has 1 aromatic carbocycles. The van der Waals surface area contributed by atoms with Gasteiger partial charge in [0.25, 0.3) is 0 Å². The molecular weight excluding hydrogens is 302 g/mol. The van der Waals surface area contributed by atoms with Gasteiger partial charge in [0, 0.05) is 17.1 Å². The van der Waals surface area contributed by atoms with E-state index in [1.54, 1.807) is 0 Å². The summed E-state index contributed by atoms with van der Waals surface area (Å²) < 4.78 is 39.5. The van der Waals surface area contributed by atoms with Crippen LogP contribution in [0.1, 0.15) is 12.8 Å². The molecule has 0 spiro atoms. The predicted molar refractivity (Wildman–Crippen MR) is 70.0 cm³/mol. The third kappa shape index (κ3) is 3.33. The summed E-state index contributed by atoms with van der Waals surface area (Å²) >= 11 is 5.65. The molecule has 8 heteroatoms. The van der Waals surface area contributed by atoms with E-state index in [-0.39, 0.29) is 29.5 Å². The lowest BCUT2D eigenvalue weighted by atomic mass is 9.89. The Kier molecular flexibility index (Phi) is 4.97. The van der Waals surface area contributed by atoms with Crippen LogP contribution in [0.5, 0.6) is 0 Å². The Morgan fingerprint density at radius 2 is 2.00 bits per heavy atom. The van der Waals surface area contributed by atoms with Crippen molar-refractivity contribution < 1.29 is 12.8 Å². The second-order valence-electron chi connectivity index (χ2n) is 4.12. The molecular formula is C10H13Cl2FN2O2S. The molecule has 4 nitrogen and oxygen atoms in total. The maximum Gasteiger partial charge on any atom is 0.243 e. The van der Waals surface area contributed by atoms with Crippen LogP contribution in [-0.2, 0) is 10.0 Å². The van der Waals surface area contributed by atoms with Crippen molar-refractivity contribution in [3.8, 4) is 0 Å². The minimum absolute atomic E-state index is 0. The Morgan fingerprint density at radius 1 is 1.39 bits per heavy atom. The summed E-state index contributed by atoms with van der Waals surface area (Å²) in [5, 5.41) is 0.178. The molecule has 2 rings (SSSR count). The van der Waals surface area contributed by atoms with E-state index in [1.807, 2.05) is 0 Å². The Morgan fingerprint density at radius 3 is 2.56 bits per heavy atom. The maximum atomic E-state index is 13.4. The lowest BCUT2D eigenvalue weighted by Crippen LogP contribution is -2.50. The molecule has 1 aliphatic carbocycles. The van der Waals surface area contributed by atoms with Crippen LogP contribution in [0.4, 0.5) is 4.39 Å². The van der Waals surface area contributed by atoms with Crippen molar-refractivity contribution in [3.63, 3.8) is 0 Å². The molecule has 18 heavy (non-hydrogen) atoms. The van der Waals surface area contributed by atoms with Crippen molar-refractivity contribution >= 4 is 34.0 Å². The van der Waals surface area contributed by atoms with Crippen LogP contribution >= 0.6 is 24.0 Å². The van der Waals surface area contributed by atoms with Crippen LogP contribution in [0.2, 0.25) is 5.02 Å². The van der Waals surface area contributed by atoms with E-state index in [2.05, 4.69) is 4.72 Å². The van der Waals surface area contributed by atoms with Crippen molar-refractivity contribution in [3.05, 3.63) is 29.0 Å². The molecule has 0 aliphatic heterocycles. The van der Waals surface area contributed by atoms with E-state index in [0.717, 1.165) is 12.1 Å². The average Bonchev–Trinajstić information content (AvgIpc) is 2.19. The minimum atomic E-state index is -3.86. The zero-order valence-corrected chi connectivity index (χ0v) is 11.7. The monoisotopic (exact) mass is 314 g/mol. The normalized spacial score (nSPS) is 23.1. The number of hydrogen-bond donors (Lipinski definition) is 2. The Hall–Kier alpha value is -0.400. The zero-order valence-electron chi connectivity index (χ0n) is 9.27. The van der Waals surface area contributed by atoms with Crippen molar-refractivity contribution in [2.45, 2.75) is 29.8 Å². The van der Waals surface area contributed by atoms with Crippen molar-refractivity contribution in [2.24, 2.45) is 5.73 Å². The van der Waals surface area contributed by atoms with Gasteiger partial charge in [0.05, 0.1) is 0 Å². The van der Waals surface area contributed by atoms with Crippen LogP contribution in [0.25, 0.3) is 0 Å². The number of nitrogens with one attached hydrogen (secondary N) is 1. The molecule has 1 aliphatic rings. The van der Waals surface area contributed by atoms with Gasteiger partial charge in [-0.25, -0.2) is 17.5 Å². The predicted octanol–water partition coefficient (Wildman–Crippen LogP) is 1.67. The Labute approximate surface area is 116 Å². The molecule has 1 fully saturated rings. The van der Waals surface area contributed by atoms with Crippen LogP contribution < -0.4 is 10.5 Å². The van der Waals surface area contributed by atoms with Crippen molar-refractivity contribution in [1.29, 1.82) is 0 Å². The smallest absolute Gasteiger partial charge is 0.243 e. The summed E-state index contributed by atoms with van der Waals surface area (Å²) in [6.07, 6.45) is 1.14. The fraction of sp³-hybridized carbons (Fsp3) is 0.400. The SMILES string of the molecule is Cl.NC1CC(NS(=O)(=O)c2cc(Cl)ccc2F)C1. The molecule has 0 amide bonds. The van der Waals surface area contributed by atoms with E-state index in [9.17, 15) is 12.8 Å². The summed E-state index contributed by atoms with van der Waals surface area (Å²) in [6.45, 7) is 0. The maximum absolute atomic E-state index is 13.4. The van der Waals surface area contributed by atoms with E-state index >= 15 is 0 Å². The van der Waals surface area contributed by atoms with Gasteiger partial charge in [0.15, 0.2) is 0 Å². The first-order chi connectivity index (χ1) is 7.88. The van der Waals surface area contributed by atoms with Crippen molar-refractivity contribution in [1.82, 2.24) is 4.72 Å². The summed E-state index contributed by atoms with van der Waals surface area (Å²) in [5.74, 6) is -0.814. The van der Waals surface area contributed by atoms with Crippen LogP contribution in [0.3, 0.4) is 0 Å². The second-order valence-corrected chi connectivity index (χ2v) is 6.24. The first-order valence-electron chi connectivity index (χ1n) is 5.11. The number of benzene rings is 1. The standard InChI is InChI=1S/C10H12ClFN2O2S.ClH/c11-6-1-2-9(12)10(3-6)17(15,16)14-8-4-7(13)5-8;/h1-3,7-8,14H,4-5,13H2;1H. The molecule has 0 aromatic heterocycles. The fourth-order valence-corrected chi connectivity index (χ4v) is 3.33. The fourth-order valence-electron chi connectivity index (χ4n) is 1.72. The summed E-state index contributed by atoms with van der Waals surface area (Å²) in [6, 6.07) is 3.23. The third-order valence-corrected chi connectivity index (χ3v) is 4.45. The Bertz CT molecular complexity index is 533. The highest BCUT2D eigenvalue weighted by Crippen LogP contribution is 2.23. The molecule has 3 N–H and O–H groups in total. The van der Waals surface area contributed by atoms with Gasteiger partial charge in [-0.15, -0.1) is 12.4 Å². The van der Waals surface area contributed by atoms with Gasteiger partial charge in [-0.1, -0.05) is 11.6 Å². The highest BCUT2D eigenvalue weighted by molar-refractivity contribution is 7.89. The van der Waals surface area contributed by atoms with E-state index in [1.165, 1.54) is 6.07 Å². The molecule has 0 unspecified atom stereocenters. The summed E-state index contributed by atoms with van der Waals surface area (Å²) in [7, 11) is -3.86. The molecule has 1 saturated carbocycles. The van der Waals surface area contributed by atoms with Gasteiger partial charge in [-0.3, -0.25) is 0 Å². The van der Waals surface area contributed by atoms with Gasteiger partial charge >= 0.3 is 0 Å². The molecule has 0 radical (unpaired) electrons. The quantitative estimate of drug-likeness (QED) is 0.891. The molecule has 102 valence electrons.